The maximum Gasteiger partial charge on any atom is 0.513 e. The van der Waals surface area contributed by atoms with Crippen LogP contribution in [0.4, 0.5) is 20.7 Å². The lowest BCUT2D eigenvalue weighted by Crippen LogP contribution is -2.09. The number of hydrogen-bond donors (Lipinski definition) is 1. The first-order valence-electron chi connectivity index (χ1n) is 10.7. The van der Waals surface area contributed by atoms with E-state index in [2.05, 4.69) is 25.0 Å². The number of nitrogens with zero attached hydrogens (tertiary/aromatic N) is 3. The van der Waals surface area contributed by atoms with Gasteiger partial charge in [0.2, 0.25) is 0 Å². The van der Waals surface area contributed by atoms with Crippen molar-refractivity contribution in [1.82, 2.24) is 15.0 Å². The number of pyridine rings is 1. The van der Waals surface area contributed by atoms with Crippen molar-refractivity contribution in [3.8, 4) is 17.2 Å². The first-order valence-corrected chi connectivity index (χ1v) is 10.7. The summed E-state index contributed by atoms with van der Waals surface area (Å²) in [5.41, 5.74) is 2.16. The SMILES string of the molecule is COC(=O)Oc1cc(Nc2ncnc3cc(OCCc4ccncc4)c(OC)cc23)c(F)cc1C. The van der Waals surface area contributed by atoms with Gasteiger partial charge in [0.1, 0.15) is 23.7 Å². The van der Waals surface area contributed by atoms with Gasteiger partial charge in [-0.2, -0.15) is 0 Å². The number of anilines is 2. The number of aromatic nitrogens is 3. The Morgan fingerprint density at radius 2 is 1.83 bits per heavy atom. The summed E-state index contributed by atoms with van der Waals surface area (Å²) in [4.78, 5) is 24.1. The van der Waals surface area contributed by atoms with Gasteiger partial charge < -0.3 is 24.3 Å². The highest BCUT2D eigenvalue weighted by molar-refractivity contribution is 5.93. The maximum atomic E-state index is 14.7. The lowest BCUT2D eigenvalue weighted by molar-refractivity contribution is 0.121. The standard InChI is InChI=1S/C25H23FN4O5/c1-15-10-18(26)20(13-21(15)35-25(31)33-3)30-24-17-11-22(32-2)23(12-19(17)28-14-29-24)34-9-6-16-4-7-27-8-5-16/h4-5,7-8,10-14H,6,9H2,1-3H3,(H,28,29,30). The Labute approximate surface area is 200 Å². The van der Waals surface area contributed by atoms with Crippen LogP contribution in [0.3, 0.4) is 0 Å². The smallest absolute Gasteiger partial charge is 0.493 e. The van der Waals surface area contributed by atoms with Crippen LogP contribution < -0.4 is 19.5 Å². The van der Waals surface area contributed by atoms with E-state index in [-0.39, 0.29) is 11.4 Å². The zero-order valence-corrected chi connectivity index (χ0v) is 19.4. The number of halogens is 1. The Morgan fingerprint density at radius 3 is 2.57 bits per heavy atom. The minimum Gasteiger partial charge on any atom is -0.493 e. The van der Waals surface area contributed by atoms with Gasteiger partial charge in [-0.25, -0.2) is 19.2 Å². The van der Waals surface area contributed by atoms with E-state index in [1.807, 2.05) is 12.1 Å². The van der Waals surface area contributed by atoms with E-state index in [0.717, 1.165) is 5.56 Å². The number of carbonyl (C=O) groups excluding carboxylic acids is 1. The molecule has 0 saturated carbocycles. The van der Waals surface area contributed by atoms with E-state index in [9.17, 15) is 9.18 Å². The molecule has 0 unspecified atom stereocenters. The molecule has 0 fully saturated rings. The molecule has 4 aromatic rings. The Balaban J connectivity index is 1.61. The molecule has 2 aromatic heterocycles. The quantitative estimate of drug-likeness (QED) is 0.277. The molecule has 0 spiro atoms. The van der Waals surface area contributed by atoms with Gasteiger partial charge in [-0.05, 0) is 42.3 Å². The van der Waals surface area contributed by atoms with Crippen molar-refractivity contribution in [2.24, 2.45) is 0 Å². The molecule has 0 amide bonds. The number of benzene rings is 2. The van der Waals surface area contributed by atoms with Crippen molar-refractivity contribution in [2.75, 3.05) is 26.1 Å². The summed E-state index contributed by atoms with van der Waals surface area (Å²) in [6, 6.07) is 9.93. The fraction of sp³-hybridized carbons (Fsp3) is 0.200. The van der Waals surface area contributed by atoms with E-state index in [0.29, 0.717) is 46.8 Å². The summed E-state index contributed by atoms with van der Waals surface area (Å²) in [6.45, 7) is 2.05. The molecule has 0 saturated heterocycles. The predicted octanol–water partition coefficient (Wildman–Crippen LogP) is 4.99. The second-order valence-corrected chi connectivity index (χ2v) is 7.48. The molecule has 0 aliphatic rings. The van der Waals surface area contributed by atoms with Gasteiger partial charge in [0.25, 0.3) is 0 Å². The third kappa shape index (κ3) is 5.55. The predicted molar refractivity (Wildman–Crippen MR) is 127 cm³/mol. The van der Waals surface area contributed by atoms with Gasteiger partial charge in [0.15, 0.2) is 11.5 Å². The molecule has 180 valence electrons. The van der Waals surface area contributed by atoms with E-state index >= 15 is 0 Å². The number of rotatable bonds is 8. The number of carbonyl (C=O) groups is 1. The summed E-state index contributed by atoms with van der Waals surface area (Å²) in [5.74, 6) is 0.942. The van der Waals surface area contributed by atoms with Crippen LogP contribution in [0.5, 0.6) is 17.2 Å². The van der Waals surface area contributed by atoms with E-state index in [1.165, 1.54) is 32.7 Å². The van der Waals surface area contributed by atoms with Crippen LogP contribution in [0.25, 0.3) is 10.9 Å². The van der Waals surface area contributed by atoms with Crippen molar-refractivity contribution in [3.63, 3.8) is 0 Å². The highest BCUT2D eigenvalue weighted by Gasteiger charge is 2.16. The highest BCUT2D eigenvalue weighted by Crippen LogP contribution is 2.36. The van der Waals surface area contributed by atoms with Crippen LogP contribution in [0, 0.1) is 12.7 Å². The summed E-state index contributed by atoms with van der Waals surface area (Å²) in [6.07, 6.45) is 4.62. The Bertz CT molecular complexity index is 1350. The monoisotopic (exact) mass is 478 g/mol. The van der Waals surface area contributed by atoms with Crippen LogP contribution in [0.15, 0.2) is 55.1 Å². The Hall–Kier alpha value is -4.47. The van der Waals surface area contributed by atoms with Gasteiger partial charge >= 0.3 is 6.16 Å². The molecule has 0 aliphatic heterocycles. The zero-order valence-electron chi connectivity index (χ0n) is 19.4. The van der Waals surface area contributed by atoms with Crippen molar-refractivity contribution < 1.29 is 28.1 Å². The molecule has 9 nitrogen and oxygen atoms in total. The van der Waals surface area contributed by atoms with Crippen LogP contribution in [0.1, 0.15) is 11.1 Å². The van der Waals surface area contributed by atoms with Crippen molar-refractivity contribution in [3.05, 3.63) is 72.1 Å². The molecule has 1 N–H and O–H groups in total. The summed E-state index contributed by atoms with van der Waals surface area (Å²) >= 11 is 0. The molecule has 4 rings (SSSR count). The molecule has 0 aliphatic carbocycles. The number of fused-ring (bicyclic) bond motifs is 1. The average molecular weight is 478 g/mol. The van der Waals surface area contributed by atoms with E-state index in [1.54, 1.807) is 31.5 Å². The largest absolute Gasteiger partial charge is 0.513 e. The van der Waals surface area contributed by atoms with Gasteiger partial charge in [-0.1, -0.05) is 0 Å². The molecule has 35 heavy (non-hydrogen) atoms. The molecule has 0 atom stereocenters. The minimum absolute atomic E-state index is 0.0612. The number of methoxy groups -OCH3 is 2. The lowest BCUT2D eigenvalue weighted by atomic mass is 10.1. The van der Waals surface area contributed by atoms with Crippen molar-refractivity contribution >= 4 is 28.6 Å². The summed E-state index contributed by atoms with van der Waals surface area (Å²) in [5, 5.41) is 3.53. The summed E-state index contributed by atoms with van der Waals surface area (Å²) in [7, 11) is 2.72. The number of ether oxygens (including phenoxy) is 4. The maximum absolute atomic E-state index is 14.7. The second-order valence-electron chi connectivity index (χ2n) is 7.48. The Morgan fingerprint density at radius 1 is 1.03 bits per heavy atom. The summed E-state index contributed by atoms with van der Waals surface area (Å²) < 4.78 is 35.8. The first kappa shape index (κ1) is 23.7. The fourth-order valence-corrected chi connectivity index (χ4v) is 3.38. The molecular weight excluding hydrogens is 455 g/mol. The van der Waals surface area contributed by atoms with Gasteiger partial charge in [-0.15, -0.1) is 0 Å². The minimum atomic E-state index is -0.903. The topological polar surface area (TPSA) is 105 Å². The van der Waals surface area contributed by atoms with Crippen LogP contribution in [-0.2, 0) is 11.2 Å². The number of nitrogens with one attached hydrogen (secondary N) is 1. The molecule has 0 radical (unpaired) electrons. The van der Waals surface area contributed by atoms with Crippen LogP contribution >= 0.6 is 0 Å². The fourth-order valence-electron chi connectivity index (χ4n) is 3.38. The van der Waals surface area contributed by atoms with Gasteiger partial charge in [-0.3, -0.25) is 4.98 Å². The molecular formula is C25H23FN4O5. The highest BCUT2D eigenvalue weighted by atomic mass is 19.1. The van der Waals surface area contributed by atoms with E-state index < -0.39 is 12.0 Å². The molecule has 0 bridgehead atoms. The normalized spacial score (nSPS) is 10.6. The Kier molecular flexibility index (Phi) is 7.20. The van der Waals surface area contributed by atoms with Gasteiger partial charge in [0, 0.05) is 36.3 Å². The van der Waals surface area contributed by atoms with Crippen LogP contribution in [0.2, 0.25) is 0 Å². The molecule has 2 heterocycles. The average Bonchev–Trinajstić information content (AvgIpc) is 2.87. The number of aryl methyl sites for hydroxylation is 1. The van der Waals surface area contributed by atoms with Crippen molar-refractivity contribution in [2.45, 2.75) is 13.3 Å². The van der Waals surface area contributed by atoms with E-state index in [4.69, 9.17) is 14.2 Å². The van der Waals surface area contributed by atoms with Crippen molar-refractivity contribution in [1.29, 1.82) is 0 Å². The van der Waals surface area contributed by atoms with Gasteiger partial charge in [0.05, 0.1) is 32.0 Å². The molecule has 2 aromatic carbocycles. The van der Waals surface area contributed by atoms with Crippen LogP contribution in [-0.4, -0.2) is 41.9 Å². The third-order valence-electron chi connectivity index (χ3n) is 5.20. The lowest BCUT2D eigenvalue weighted by Gasteiger charge is -2.15. The molecule has 10 heteroatoms. The first-order chi connectivity index (χ1) is 17.0. The number of hydrogen-bond acceptors (Lipinski definition) is 9. The third-order valence-corrected chi connectivity index (χ3v) is 5.20. The second kappa shape index (κ2) is 10.6. The zero-order chi connectivity index (χ0) is 24.8.